The van der Waals surface area contributed by atoms with Crippen LogP contribution in [0.15, 0.2) is 27.6 Å². The van der Waals surface area contributed by atoms with Crippen molar-refractivity contribution in [3.63, 3.8) is 0 Å². The molecule has 1 aromatic carbocycles. The Morgan fingerprint density at radius 3 is 2.71 bits per heavy atom. The number of hydrogen-bond acceptors (Lipinski definition) is 3. The molecule has 1 aliphatic rings. The zero-order valence-electron chi connectivity index (χ0n) is 12.0. The van der Waals surface area contributed by atoms with Gasteiger partial charge in [-0.2, -0.15) is 0 Å². The van der Waals surface area contributed by atoms with Gasteiger partial charge in [-0.25, -0.2) is 17.5 Å². The van der Waals surface area contributed by atoms with Crippen molar-refractivity contribution in [3.8, 4) is 0 Å². The van der Waals surface area contributed by atoms with Crippen molar-refractivity contribution in [3.05, 3.63) is 28.5 Å². The molecule has 0 bridgehead atoms. The first-order valence-electron chi connectivity index (χ1n) is 7.05. The summed E-state index contributed by atoms with van der Waals surface area (Å²) in [6.07, 6.45) is 2.29. The fraction of sp³-hybridized carbons (Fsp3) is 0.571. The number of nitrogens with one attached hydrogen (secondary N) is 1. The largest absolute Gasteiger partial charge is 0.302 e. The molecule has 0 radical (unpaired) electrons. The molecule has 7 heteroatoms. The van der Waals surface area contributed by atoms with Gasteiger partial charge in [-0.1, -0.05) is 22.9 Å². The minimum Gasteiger partial charge on any atom is -0.302 e. The van der Waals surface area contributed by atoms with Gasteiger partial charge in [0.2, 0.25) is 10.0 Å². The van der Waals surface area contributed by atoms with Crippen LogP contribution >= 0.6 is 15.9 Å². The Hall–Kier alpha value is -0.500. The highest BCUT2D eigenvalue weighted by atomic mass is 79.9. The molecule has 0 aromatic heterocycles. The van der Waals surface area contributed by atoms with E-state index in [0.29, 0.717) is 17.6 Å². The smallest absolute Gasteiger partial charge is 0.243 e. The predicted molar refractivity (Wildman–Crippen MR) is 84.1 cm³/mol. The van der Waals surface area contributed by atoms with Gasteiger partial charge in [0.05, 0.1) is 0 Å². The van der Waals surface area contributed by atoms with E-state index >= 15 is 0 Å². The fourth-order valence-corrected chi connectivity index (χ4v) is 4.02. The number of nitrogens with zero attached hydrogens (tertiary/aromatic N) is 1. The van der Waals surface area contributed by atoms with Crippen molar-refractivity contribution in [2.75, 3.05) is 26.2 Å². The van der Waals surface area contributed by atoms with Crippen LogP contribution in [-0.2, 0) is 10.0 Å². The highest BCUT2D eigenvalue weighted by molar-refractivity contribution is 9.10. The quantitative estimate of drug-likeness (QED) is 0.856. The molecule has 0 atom stereocenters. The van der Waals surface area contributed by atoms with E-state index < -0.39 is 15.8 Å². The van der Waals surface area contributed by atoms with E-state index in [1.165, 1.54) is 12.1 Å². The summed E-state index contributed by atoms with van der Waals surface area (Å²) in [4.78, 5) is 1.92. The van der Waals surface area contributed by atoms with Crippen LogP contribution in [0.25, 0.3) is 0 Å². The lowest BCUT2D eigenvalue weighted by molar-refractivity contribution is 0.195. The highest BCUT2D eigenvalue weighted by Crippen LogP contribution is 2.20. The van der Waals surface area contributed by atoms with Crippen LogP contribution in [-0.4, -0.2) is 39.5 Å². The molecule has 1 N–H and O–H groups in total. The maximum Gasteiger partial charge on any atom is 0.243 e. The molecule has 1 aromatic rings. The van der Waals surface area contributed by atoms with E-state index in [9.17, 15) is 12.8 Å². The molecule has 118 valence electrons. The summed E-state index contributed by atoms with van der Waals surface area (Å²) in [5.74, 6) is 0.00574. The van der Waals surface area contributed by atoms with Crippen LogP contribution in [0.5, 0.6) is 0 Å². The minimum atomic E-state index is -3.81. The summed E-state index contributed by atoms with van der Waals surface area (Å²) in [6.45, 7) is 5.17. The van der Waals surface area contributed by atoms with E-state index in [2.05, 4.69) is 32.5 Å². The third-order valence-electron chi connectivity index (χ3n) is 3.78. The van der Waals surface area contributed by atoms with Gasteiger partial charge >= 0.3 is 0 Å². The molecular weight excluding hydrogens is 359 g/mol. The summed E-state index contributed by atoms with van der Waals surface area (Å²) in [7, 11) is -3.81. The maximum absolute atomic E-state index is 13.6. The molecule has 1 aliphatic heterocycles. The number of rotatable bonds is 5. The molecule has 0 unspecified atom stereocenters. The van der Waals surface area contributed by atoms with E-state index in [0.717, 1.165) is 37.9 Å². The van der Waals surface area contributed by atoms with Gasteiger partial charge in [0, 0.05) is 17.6 Å². The second-order valence-electron chi connectivity index (χ2n) is 5.50. The van der Waals surface area contributed by atoms with Crippen LogP contribution < -0.4 is 4.72 Å². The van der Waals surface area contributed by atoms with E-state index in [1.807, 2.05) is 0 Å². The molecule has 2 rings (SSSR count). The van der Waals surface area contributed by atoms with Gasteiger partial charge in [0.15, 0.2) is 0 Å². The standard InChI is InChI=1S/C14H20BrFN2O2S/c1-11-4-7-18(8-5-11)9-6-17-21(19,20)14-10-12(15)2-3-13(14)16/h2-3,10-11,17H,4-9H2,1H3. The molecule has 1 fully saturated rings. The third-order valence-corrected chi connectivity index (χ3v) is 5.75. The lowest BCUT2D eigenvalue weighted by Gasteiger charge is -2.30. The molecule has 4 nitrogen and oxygen atoms in total. The molecule has 0 spiro atoms. The van der Waals surface area contributed by atoms with Crippen molar-refractivity contribution < 1.29 is 12.8 Å². The molecular formula is C14H20BrFN2O2S. The van der Waals surface area contributed by atoms with Crippen molar-refractivity contribution in [2.24, 2.45) is 5.92 Å². The van der Waals surface area contributed by atoms with Crippen molar-refractivity contribution in [1.82, 2.24) is 9.62 Å². The molecule has 21 heavy (non-hydrogen) atoms. The topological polar surface area (TPSA) is 49.4 Å². The van der Waals surface area contributed by atoms with Crippen LogP contribution in [0.1, 0.15) is 19.8 Å². The van der Waals surface area contributed by atoms with E-state index in [4.69, 9.17) is 0 Å². The Morgan fingerprint density at radius 1 is 1.38 bits per heavy atom. The van der Waals surface area contributed by atoms with Crippen LogP contribution in [0, 0.1) is 11.7 Å². The van der Waals surface area contributed by atoms with Gasteiger partial charge in [-0.05, 0) is 50.0 Å². The molecule has 0 saturated carbocycles. The Bertz CT molecular complexity index is 587. The van der Waals surface area contributed by atoms with Crippen molar-refractivity contribution >= 4 is 26.0 Å². The van der Waals surface area contributed by atoms with Gasteiger partial charge in [-0.3, -0.25) is 0 Å². The summed E-state index contributed by atoms with van der Waals surface area (Å²) in [5, 5.41) is 0. The number of hydrogen-bond donors (Lipinski definition) is 1. The van der Waals surface area contributed by atoms with Gasteiger partial charge < -0.3 is 4.90 Å². The summed E-state index contributed by atoms with van der Waals surface area (Å²) >= 11 is 3.16. The minimum absolute atomic E-state index is 0.294. The Kier molecular flexibility index (Phi) is 5.76. The summed E-state index contributed by atoms with van der Waals surface area (Å²) < 4.78 is 40.9. The third kappa shape index (κ3) is 4.74. The Balaban J connectivity index is 1.91. The highest BCUT2D eigenvalue weighted by Gasteiger charge is 2.20. The zero-order valence-corrected chi connectivity index (χ0v) is 14.4. The molecule has 1 heterocycles. The van der Waals surface area contributed by atoms with Crippen LogP contribution in [0.2, 0.25) is 0 Å². The number of sulfonamides is 1. The number of benzene rings is 1. The first kappa shape index (κ1) is 16.9. The van der Waals surface area contributed by atoms with E-state index in [1.54, 1.807) is 0 Å². The Morgan fingerprint density at radius 2 is 2.05 bits per heavy atom. The maximum atomic E-state index is 13.6. The first-order valence-corrected chi connectivity index (χ1v) is 9.33. The average Bonchev–Trinajstić information content (AvgIpc) is 2.43. The van der Waals surface area contributed by atoms with Crippen LogP contribution in [0.3, 0.4) is 0 Å². The lowest BCUT2D eigenvalue weighted by Crippen LogP contribution is -2.39. The fourth-order valence-electron chi connectivity index (χ4n) is 2.38. The van der Waals surface area contributed by atoms with Crippen molar-refractivity contribution in [2.45, 2.75) is 24.7 Å². The average molecular weight is 379 g/mol. The lowest BCUT2D eigenvalue weighted by atomic mass is 9.99. The van der Waals surface area contributed by atoms with Gasteiger partial charge in [0.1, 0.15) is 10.7 Å². The first-order chi connectivity index (χ1) is 9.88. The monoisotopic (exact) mass is 378 g/mol. The second-order valence-corrected chi connectivity index (χ2v) is 8.15. The predicted octanol–water partition coefficient (Wildman–Crippen LogP) is 2.60. The van der Waals surface area contributed by atoms with E-state index in [-0.39, 0.29) is 4.90 Å². The number of likely N-dealkylation sites (tertiary alicyclic amines) is 1. The normalized spacial score (nSPS) is 18.0. The van der Waals surface area contributed by atoms with Gasteiger partial charge in [0.25, 0.3) is 0 Å². The van der Waals surface area contributed by atoms with Crippen LogP contribution in [0.4, 0.5) is 4.39 Å². The van der Waals surface area contributed by atoms with Crippen molar-refractivity contribution in [1.29, 1.82) is 0 Å². The Labute approximate surface area is 133 Å². The summed E-state index contributed by atoms with van der Waals surface area (Å²) in [5.41, 5.74) is 0. The molecule has 1 saturated heterocycles. The second kappa shape index (κ2) is 7.17. The SMILES string of the molecule is CC1CCN(CCNS(=O)(=O)c2cc(Br)ccc2F)CC1. The number of halogens is 2. The zero-order chi connectivity index (χ0) is 15.5. The molecule has 0 amide bonds. The van der Waals surface area contributed by atoms with Gasteiger partial charge in [-0.15, -0.1) is 0 Å². The summed E-state index contributed by atoms with van der Waals surface area (Å²) in [6, 6.07) is 3.90. The molecule has 0 aliphatic carbocycles. The number of piperidine rings is 1.